The Kier molecular flexibility index (Phi) is 4.80. The first-order valence-electron chi connectivity index (χ1n) is 6.64. The number of nitrogens with zero attached hydrogens (tertiary/aromatic N) is 2. The predicted molar refractivity (Wildman–Crippen MR) is 80.5 cm³/mol. The highest BCUT2D eigenvalue weighted by atomic mass is 35.5. The summed E-state index contributed by atoms with van der Waals surface area (Å²) in [7, 11) is 0. The van der Waals surface area contributed by atoms with E-state index < -0.39 is 0 Å². The molecular weight excluding hydrogens is 292 g/mol. The van der Waals surface area contributed by atoms with E-state index in [-0.39, 0.29) is 11.9 Å². The zero-order valence-electron chi connectivity index (χ0n) is 12.1. The van der Waals surface area contributed by atoms with E-state index in [0.717, 1.165) is 0 Å². The van der Waals surface area contributed by atoms with E-state index >= 15 is 0 Å². The van der Waals surface area contributed by atoms with Crippen LogP contribution in [0.15, 0.2) is 22.9 Å². The van der Waals surface area contributed by atoms with Crippen molar-refractivity contribution in [1.82, 2.24) is 15.3 Å². The summed E-state index contributed by atoms with van der Waals surface area (Å²) >= 11 is 6.03. The molecule has 2 N–H and O–H groups in total. The lowest BCUT2D eigenvalue weighted by Crippen LogP contribution is -2.27. The normalized spacial score (nSPS) is 12.0. The van der Waals surface area contributed by atoms with Gasteiger partial charge >= 0.3 is 0 Å². The van der Waals surface area contributed by atoms with Crippen molar-refractivity contribution in [3.63, 3.8) is 0 Å². The van der Waals surface area contributed by atoms with E-state index in [1.54, 1.807) is 26.1 Å². The Morgan fingerprint density at radius 2 is 2.19 bits per heavy atom. The third-order valence-corrected chi connectivity index (χ3v) is 3.12. The van der Waals surface area contributed by atoms with E-state index in [4.69, 9.17) is 16.0 Å². The Bertz CT molecular complexity index is 642. The number of hydrogen-bond acceptors (Lipinski definition) is 5. The molecule has 0 fully saturated rings. The molecule has 0 radical (unpaired) electrons. The number of amides is 1. The summed E-state index contributed by atoms with van der Waals surface area (Å²) in [6.07, 6.45) is 3.06. The Labute approximate surface area is 127 Å². The first kappa shape index (κ1) is 15.3. The van der Waals surface area contributed by atoms with Gasteiger partial charge in [-0.3, -0.25) is 4.79 Å². The van der Waals surface area contributed by atoms with Gasteiger partial charge in [0.15, 0.2) is 0 Å². The molecular formula is C14H17ClN4O2. The van der Waals surface area contributed by atoms with Crippen molar-refractivity contribution in [3.05, 3.63) is 40.7 Å². The average molecular weight is 309 g/mol. The quantitative estimate of drug-likeness (QED) is 0.887. The fraction of sp³-hybridized carbons (Fsp3) is 0.357. The van der Waals surface area contributed by atoms with Gasteiger partial charge in [0.1, 0.15) is 17.6 Å². The number of carbonyl (C=O) groups excluding carboxylic acids is 1. The average Bonchev–Trinajstić information content (AvgIpc) is 2.88. The smallest absolute Gasteiger partial charge is 0.253 e. The highest BCUT2D eigenvalue weighted by Crippen LogP contribution is 2.19. The van der Waals surface area contributed by atoms with Crippen LogP contribution in [0.1, 0.15) is 41.9 Å². The number of aromatic nitrogens is 2. The van der Waals surface area contributed by atoms with Gasteiger partial charge in [0.25, 0.3) is 5.91 Å². The zero-order chi connectivity index (χ0) is 15.4. The standard InChI is InChI=1S/C14H17ClN4O2/c1-4-16-12-5-10(11(15)7-17-12)13(20)19-9(3)14-18-6-8(2)21-14/h5-7,9H,4H2,1-3H3,(H,16,17)(H,19,20). The van der Waals surface area contributed by atoms with E-state index in [1.165, 1.54) is 6.20 Å². The second-order valence-electron chi connectivity index (χ2n) is 4.58. The van der Waals surface area contributed by atoms with Gasteiger partial charge < -0.3 is 15.1 Å². The molecule has 0 aliphatic rings. The minimum atomic E-state index is -0.349. The number of rotatable bonds is 5. The molecule has 1 amide bonds. The summed E-state index contributed by atoms with van der Waals surface area (Å²) in [6, 6.07) is 1.27. The Hall–Kier alpha value is -2.08. The molecule has 21 heavy (non-hydrogen) atoms. The SMILES string of the molecule is CCNc1cc(C(=O)NC(C)c2ncc(C)o2)c(Cl)cn1. The molecule has 1 atom stereocenters. The van der Waals surface area contributed by atoms with Gasteiger partial charge in [0.05, 0.1) is 16.8 Å². The maximum absolute atomic E-state index is 12.3. The molecule has 2 heterocycles. The number of pyridine rings is 1. The summed E-state index contributed by atoms with van der Waals surface area (Å²) in [5.74, 6) is 1.46. The summed E-state index contributed by atoms with van der Waals surface area (Å²) < 4.78 is 5.39. The molecule has 0 aromatic carbocycles. The lowest BCUT2D eigenvalue weighted by atomic mass is 10.2. The minimum absolute atomic E-state index is 0.296. The zero-order valence-corrected chi connectivity index (χ0v) is 12.9. The van der Waals surface area contributed by atoms with Crippen LogP contribution in [0.25, 0.3) is 0 Å². The molecule has 7 heteroatoms. The maximum atomic E-state index is 12.3. The maximum Gasteiger partial charge on any atom is 0.253 e. The number of oxazole rings is 1. The van der Waals surface area contributed by atoms with E-state index in [0.29, 0.717) is 34.6 Å². The molecule has 2 aromatic heterocycles. The van der Waals surface area contributed by atoms with Gasteiger partial charge in [-0.2, -0.15) is 0 Å². The minimum Gasteiger partial charge on any atom is -0.444 e. The second kappa shape index (κ2) is 6.58. The van der Waals surface area contributed by atoms with Gasteiger partial charge in [0.2, 0.25) is 5.89 Å². The summed E-state index contributed by atoms with van der Waals surface area (Å²) in [4.78, 5) is 20.5. The molecule has 2 aromatic rings. The molecule has 0 bridgehead atoms. The lowest BCUT2D eigenvalue weighted by molar-refractivity contribution is 0.0934. The Balaban J connectivity index is 2.14. The van der Waals surface area contributed by atoms with Crippen LogP contribution in [0.4, 0.5) is 5.82 Å². The largest absolute Gasteiger partial charge is 0.444 e. The summed E-state index contributed by atoms with van der Waals surface area (Å²) in [6.45, 7) is 6.25. The van der Waals surface area contributed by atoms with Crippen molar-refractivity contribution in [2.45, 2.75) is 26.8 Å². The van der Waals surface area contributed by atoms with Crippen LogP contribution in [-0.4, -0.2) is 22.4 Å². The van der Waals surface area contributed by atoms with Crippen LogP contribution in [0.2, 0.25) is 5.02 Å². The number of carbonyl (C=O) groups is 1. The topological polar surface area (TPSA) is 80.0 Å². The molecule has 6 nitrogen and oxygen atoms in total. The molecule has 0 spiro atoms. The van der Waals surface area contributed by atoms with Crippen molar-refractivity contribution in [3.8, 4) is 0 Å². The number of aryl methyl sites for hydroxylation is 1. The van der Waals surface area contributed by atoms with Crippen LogP contribution >= 0.6 is 11.6 Å². The van der Waals surface area contributed by atoms with E-state index in [2.05, 4.69) is 20.6 Å². The number of halogens is 1. The number of hydrogen-bond donors (Lipinski definition) is 2. The molecule has 2 rings (SSSR count). The van der Waals surface area contributed by atoms with Crippen LogP contribution in [0.5, 0.6) is 0 Å². The second-order valence-corrected chi connectivity index (χ2v) is 4.99. The number of nitrogens with one attached hydrogen (secondary N) is 2. The predicted octanol–water partition coefficient (Wildman–Crippen LogP) is 2.95. The van der Waals surface area contributed by atoms with Crippen molar-refractivity contribution in [1.29, 1.82) is 0 Å². The monoisotopic (exact) mass is 308 g/mol. The van der Waals surface area contributed by atoms with E-state index in [9.17, 15) is 4.79 Å². The Morgan fingerprint density at radius 3 is 2.81 bits per heavy atom. The van der Waals surface area contributed by atoms with Crippen LogP contribution in [0.3, 0.4) is 0 Å². The first-order valence-corrected chi connectivity index (χ1v) is 7.01. The molecule has 0 aliphatic carbocycles. The fourth-order valence-corrected chi connectivity index (χ4v) is 1.99. The summed E-state index contributed by atoms with van der Waals surface area (Å²) in [5, 5.41) is 6.13. The summed E-state index contributed by atoms with van der Waals surface area (Å²) in [5.41, 5.74) is 0.359. The molecule has 0 saturated heterocycles. The highest BCUT2D eigenvalue weighted by molar-refractivity contribution is 6.33. The fourth-order valence-electron chi connectivity index (χ4n) is 1.80. The Morgan fingerprint density at radius 1 is 1.43 bits per heavy atom. The third-order valence-electron chi connectivity index (χ3n) is 2.82. The van der Waals surface area contributed by atoms with Crippen molar-refractivity contribution >= 4 is 23.3 Å². The van der Waals surface area contributed by atoms with Crippen LogP contribution in [-0.2, 0) is 0 Å². The molecule has 0 saturated carbocycles. The van der Waals surface area contributed by atoms with Crippen molar-refractivity contribution in [2.75, 3.05) is 11.9 Å². The third kappa shape index (κ3) is 3.72. The first-order chi connectivity index (χ1) is 10.0. The van der Waals surface area contributed by atoms with Gasteiger partial charge in [-0.25, -0.2) is 9.97 Å². The van der Waals surface area contributed by atoms with E-state index in [1.807, 2.05) is 6.92 Å². The highest BCUT2D eigenvalue weighted by Gasteiger charge is 2.18. The van der Waals surface area contributed by atoms with Gasteiger partial charge in [-0.1, -0.05) is 11.6 Å². The van der Waals surface area contributed by atoms with Crippen molar-refractivity contribution in [2.24, 2.45) is 0 Å². The molecule has 0 aliphatic heterocycles. The van der Waals surface area contributed by atoms with Gasteiger partial charge in [-0.15, -0.1) is 0 Å². The van der Waals surface area contributed by atoms with Crippen LogP contribution < -0.4 is 10.6 Å². The van der Waals surface area contributed by atoms with Crippen molar-refractivity contribution < 1.29 is 9.21 Å². The number of anilines is 1. The lowest BCUT2D eigenvalue weighted by Gasteiger charge is -2.12. The van der Waals surface area contributed by atoms with Crippen LogP contribution in [0, 0.1) is 6.92 Å². The molecule has 1 unspecified atom stereocenters. The molecule has 112 valence electrons. The van der Waals surface area contributed by atoms with Gasteiger partial charge in [-0.05, 0) is 26.8 Å². The van der Waals surface area contributed by atoms with Gasteiger partial charge in [0, 0.05) is 12.7 Å².